The van der Waals surface area contributed by atoms with Crippen LogP contribution in [0.2, 0.25) is 0 Å². The minimum Gasteiger partial charge on any atom is -0.507 e. The molecule has 5 rings (SSSR count). The summed E-state index contributed by atoms with van der Waals surface area (Å²) < 4.78 is 0. The third-order valence-electron chi connectivity index (χ3n) is 7.36. The first-order chi connectivity index (χ1) is 15.8. The number of para-hydroxylation sites is 1. The number of hydrogen-bond donors (Lipinski definition) is 2. The molecule has 0 radical (unpaired) electrons. The van der Waals surface area contributed by atoms with E-state index in [9.17, 15) is 29.5 Å². The van der Waals surface area contributed by atoms with E-state index in [1.54, 1.807) is 31.2 Å². The van der Waals surface area contributed by atoms with Gasteiger partial charge in [-0.05, 0) is 43.7 Å². The number of rotatable bonds is 3. The molecular weight excluding hydrogens is 422 g/mol. The second-order valence-corrected chi connectivity index (χ2v) is 9.06. The number of ketones is 2. The molecule has 7 heteroatoms. The molecule has 1 aromatic carbocycles. The largest absolute Gasteiger partial charge is 0.507 e. The molecule has 0 saturated carbocycles. The van der Waals surface area contributed by atoms with Crippen molar-refractivity contribution in [2.24, 2.45) is 17.8 Å². The van der Waals surface area contributed by atoms with Crippen molar-refractivity contribution in [3.8, 4) is 5.75 Å². The quantitative estimate of drug-likeness (QED) is 0.320. The molecule has 4 atom stereocenters. The summed E-state index contributed by atoms with van der Waals surface area (Å²) in [5.74, 6) is -4.65. The van der Waals surface area contributed by atoms with Crippen LogP contribution in [0.1, 0.15) is 36.8 Å². The Morgan fingerprint density at radius 1 is 1.15 bits per heavy atom. The molecule has 1 aromatic rings. The SMILES string of the molecule is C=CCc1cccc(C2C3=CCC4C(=O)N(O)C(=O)C4C3CC3=C2C(=O)C=C(C)C3=O)c1O. The first kappa shape index (κ1) is 21.3. The lowest BCUT2D eigenvalue weighted by Gasteiger charge is -2.42. The van der Waals surface area contributed by atoms with Gasteiger partial charge in [0, 0.05) is 28.2 Å². The van der Waals surface area contributed by atoms with E-state index in [1.807, 2.05) is 6.08 Å². The predicted octanol–water partition coefficient (Wildman–Crippen LogP) is 2.94. The van der Waals surface area contributed by atoms with Crippen molar-refractivity contribution in [2.75, 3.05) is 0 Å². The molecule has 168 valence electrons. The van der Waals surface area contributed by atoms with Gasteiger partial charge in [0.25, 0.3) is 11.8 Å². The molecule has 1 aliphatic heterocycles. The molecule has 2 amide bonds. The van der Waals surface area contributed by atoms with Crippen LogP contribution in [0.5, 0.6) is 5.75 Å². The average Bonchev–Trinajstić information content (AvgIpc) is 3.02. The summed E-state index contributed by atoms with van der Waals surface area (Å²) in [5, 5.41) is 21.3. The van der Waals surface area contributed by atoms with Crippen LogP contribution in [-0.4, -0.2) is 38.8 Å². The van der Waals surface area contributed by atoms with Crippen molar-refractivity contribution in [1.29, 1.82) is 0 Å². The van der Waals surface area contributed by atoms with Crippen LogP contribution in [-0.2, 0) is 25.6 Å². The van der Waals surface area contributed by atoms with E-state index >= 15 is 0 Å². The second kappa shape index (κ2) is 7.49. The number of hydrogen-bond acceptors (Lipinski definition) is 6. The van der Waals surface area contributed by atoms with Crippen LogP contribution in [0, 0.1) is 17.8 Å². The zero-order valence-corrected chi connectivity index (χ0v) is 18.1. The van der Waals surface area contributed by atoms with Gasteiger partial charge in [0.05, 0.1) is 11.8 Å². The number of allylic oxidation sites excluding steroid dienone is 7. The maximum atomic E-state index is 13.2. The van der Waals surface area contributed by atoms with Gasteiger partial charge in [-0.15, -0.1) is 6.58 Å². The Morgan fingerprint density at radius 2 is 1.91 bits per heavy atom. The summed E-state index contributed by atoms with van der Waals surface area (Å²) in [7, 11) is 0. The number of imide groups is 1. The molecule has 33 heavy (non-hydrogen) atoms. The van der Waals surface area contributed by atoms with Gasteiger partial charge in [-0.25, -0.2) is 0 Å². The van der Waals surface area contributed by atoms with Gasteiger partial charge < -0.3 is 5.11 Å². The maximum absolute atomic E-state index is 13.2. The van der Waals surface area contributed by atoms with Gasteiger partial charge >= 0.3 is 0 Å². The fraction of sp³-hybridized carbons (Fsp3) is 0.308. The van der Waals surface area contributed by atoms with Gasteiger partial charge in [0.2, 0.25) is 0 Å². The van der Waals surface area contributed by atoms with Crippen LogP contribution < -0.4 is 0 Å². The Kier molecular flexibility index (Phi) is 4.83. The third-order valence-corrected chi connectivity index (χ3v) is 7.36. The summed E-state index contributed by atoms with van der Waals surface area (Å²) in [5.41, 5.74) is 2.79. The number of carbonyl (C=O) groups is 4. The number of amides is 2. The van der Waals surface area contributed by atoms with Crippen molar-refractivity contribution < 1.29 is 29.5 Å². The average molecular weight is 445 g/mol. The summed E-state index contributed by atoms with van der Waals surface area (Å²) in [6, 6.07) is 5.26. The lowest BCUT2D eigenvalue weighted by molar-refractivity contribution is -0.173. The number of carbonyl (C=O) groups excluding carboxylic acids is 4. The van der Waals surface area contributed by atoms with Crippen molar-refractivity contribution in [2.45, 2.75) is 32.1 Å². The molecule has 4 aliphatic rings. The minimum atomic E-state index is -0.813. The fourth-order valence-corrected chi connectivity index (χ4v) is 5.89. The topological polar surface area (TPSA) is 112 Å². The van der Waals surface area contributed by atoms with Gasteiger partial charge in [0.15, 0.2) is 11.6 Å². The lowest BCUT2D eigenvalue weighted by atomic mass is 9.59. The second-order valence-electron chi connectivity index (χ2n) is 9.06. The molecule has 7 nitrogen and oxygen atoms in total. The first-order valence-electron chi connectivity index (χ1n) is 10.9. The van der Waals surface area contributed by atoms with Gasteiger partial charge in [-0.3, -0.25) is 24.4 Å². The number of aromatic hydroxyl groups is 1. The number of fused-ring (bicyclic) bond motifs is 3. The molecule has 2 N–H and O–H groups in total. The van der Waals surface area contributed by atoms with Crippen LogP contribution >= 0.6 is 0 Å². The molecule has 1 saturated heterocycles. The van der Waals surface area contributed by atoms with Crippen molar-refractivity contribution >= 4 is 23.4 Å². The van der Waals surface area contributed by atoms with E-state index in [0.29, 0.717) is 34.3 Å². The van der Waals surface area contributed by atoms with E-state index in [4.69, 9.17) is 0 Å². The number of hydroxylamine groups is 2. The number of Topliss-reactive ketones (excluding diaryl/α,β-unsaturated/α-hetero) is 1. The summed E-state index contributed by atoms with van der Waals surface area (Å²) >= 11 is 0. The predicted molar refractivity (Wildman–Crippen MR) is 117 cm³/mol. The van der Waals surface area contributed by atoms with Crippen molar-refractivity contribution in [1.82, 2.24) is 5.06 Å². The zero-order valence-electron chi connectivity index (χ0n) is 18.1. The lowest BCUT2D eigenvalue weighted by Crippen LogP contribution is -2.39. The Hall–Kier alpha value is -3.58. The van der Waals surface area contributed by atoms with Crippen LogP contribution in [0.15, 0.2) is 65.3 Å². The molecule has 0 aromatic heterocycles. The number of nitrogens with zero attached hydrogens (tertiary/aromatic N) is 1. The Balaban J connectivity index is 1.74. The van der Waals surface area contributed by atoms with Crippen molar-refractivity contribution in [3.63, 3.8) is 0 Å². The minimum absolute atomic E-state index is 0.0158. The molecule has 0 bridgehead atoms. The zero-order chi connectivity index (χ0) is 23.6. The fourth-order valence-electron chi connectivity index (χ4n) is 5.89. The molecule has 4 unspecified atom stereocenters. The van der Waals surface area contributed by atoms with E-state index in [0.717, 1.165) is 5.57 Å². The highest BCUT2D eigenvalue weighted by Crippen LogP contribution is 2.56. The van der Waals surface area contributed by atoms with E-state index in [2.05, 4.69) is 6.58 Å². The highest BCUT2D eigenvalue weighted by atomic mass is 16.5. The first-order valence-corrected chi connectivity index (χ1v) is 10.9. The highest BCUT2D eigenvalue weighted by Gasteiger charge is 2.56. The van der Waals surface area contributed by atoms with Crippen molar-refractivity contribution in [3.05, 3.63) is 76.4 Å². The van der Waals surface area contributed by atoms with Crippen LogP contribution in [0.4, 0.5) is 0 Å². The Morgan fingerprint density at radius 3 is 2.64 bits per heavy atom. The standard InChI is InChI=1S/C26H23NO6/c1-3-5-13-6-4-7-15(24(13)30)20-14-8-9-16-21(26(32)27(33)25(16)31)17(14)11-18-22(20)19(28)10-12(2)23(18)29/h3-4,6-8,10,16-17,20-21,30,33H,1,5,9,11H2,2H3. The van der Waals surface area contributed by atoms with Gasteiger partial charge in [0.1, 0.15) is 5.75 Å². The van der Waals surface area contributed by atoms with E-state index in [1.165, 1.54) is 6.08 Å². The normalized spacial score (nSPS) is 28.8. The summed E-state index contributed by atoms with van der Waals surface area (Å²) in [6.07, 6.45) is 5.62. The van der Waals surface area contributed by atoms with E-state index < -0.39 is 35.5 Å². The number of phenolic OH excluding ortho intramolecular Hbond substituents is 1. The van der Waals surface area contributed by atoms with Crippen LogP contribution in [0.25, 0.3) is 0 Å². The third kappa shape index (κ3) is 2.92. The molecule has 0 spiro atoms. The highest BCUT2D eigenvalue weighted by molar-refractivity contribution is 6.23. The summed E-state index contributed by atoms with van der Waals surface area (Å²) in [4.78, 5) is 51.6. The van der Waals surface area contributed by atoms with Gasteiger partial charge in [-0.2, -0.15) is 5.06 Å². The molecule has 1 heterocycles. The number of benzene rings is 1. The number of phenols is 1. The van der Waals surface area contributed by atoms with Gasteiger partial charge in [-0.1, -0.05) is 35.9 Å². The van der Waals surface area contributed by atoms with Crippen LogP contribution in [0.3, 0.4) is 0 Å². The molecule has 3 aliphatic carbocycles. The molecule has 1 fully saturated rings. The monoisotopic (exact) mass is 445 g/mol. The summed E-state index contributed by atoms with van der Waals surface area (Å²) in [6.45, 7) is 5.30. The smallest absolute Gasteiger partial charge is 0.257 e. The molecular formula is C26H23NO6. The van der Waals surface area contributed by atoms with E-state index in [-0.39, 0.29) is 35.2 Å². The maximum Gasteiger partial charge on any atom is 0.257 e. The Labute approximate surface area is 190 Å². The Bertz CT molecular complexity index is 1250.